The van der Waals surface area contributed by atoms with Crippen LogP contribution in [-0.2, 0) is 21.4 Å². The van der Waals surface area contributed by atoms with Gasteiger partial charge in [0.15, 0.2) is 0 Å². The summed E-state index contributed by atoms with van der Waals surface area (Å²) in [6, 6.07) is 10.5. The van der Waals surface area contributed by atoms with Gasteiger partial charge in [0.05, 0.1) is 37.4 Å². The minimum Gasteiger partial charge on any atom is -0.478 e. The zero-order valence-corrected chi connectivity index (χ0v) is 18.1. The number of anilines is 1. The van der Waals surface area contributed by atoms with Crippen molar-refractivity contribution in [1.29, 1.82) is 0 Å². The number of aromatic nitrogens is 3. The second-order valence-corrected chi connectivity index (χ2v) is 8.53. The van der Waals surface area contributed by atoms with Gasteiger partial charge in [0.25, 0.3) is 15.9 Å². The highest BCUT2D eigenvalue weighted by Crippen LogP contribution is 2.28. The summed E-state index contributed by atoms with van der Waals surface area (Å²) in [5.41, 5.74) is 2.61. The molecule has 0 unspecified atom stereocenters. The smallest absolute Gasteiger partial charge is 0.265 e. The Morgan fingerprint density at radius 2 is 1.83 bits per heavy atom. The SMILES string of the molecule is COc1nc(C)cnc1NS(=O)(=O)c1cccnc1-c1ccc(COC(C)C)cc1. The lowest BCUT2D eigenvalue weighted by molar-refractivity contribution is 0.0657. The van der Waals surface area contributed by atoms with Gasteiger partial charge in [-0.3, -0.25) is 9.71 Å². The van der Waals surface area contributed by atoms with Crippen molar-refractivity contribution < 1.29 is 17.9 Å². The zero-order chi connectivity index (χ0) is 21.7. The number of nitrogens with one attached hydrogen (secondary N) is 1. The van der Waals surface area contributed by atoms with Gasteiger partial charge in [-0.1, -0.05) is 24.3 Å². The van der Waals surface area contributed by atoms with Crippen molar-refractivity contribution in [2.24, 2.45) is 0 Å². The molecule has 0 saturated carbocycles. The van der Waals surface area contributed by atoms with Crippen molar-refractivity contribution in [2.75, 3.05) is 11.8 Å². The van der Waals surface area contributed by atoms with E-state index in [1.165, 1.54) is 19.4 Å². The Morgan fingerprint density at radius 1 is 1.10 bits per heavy atom. The monoisotopic (exact) mass is 428 g/mol. The highest BCUT2D eigenvalue weighted by molar-refractivity contribution is 7.92. The number of nitrogens with zero attached hydrogens (tertiary/aromatic N) is 3. The van der Waals surface area contributed by atoms with E-state index >= 15 is 0 Å². The standard InChI is InChI=1S/C21H24N4O4S/c1-14(2)29-13-16-7-9-17(10-8-16)19-18(6-5-11-22-19)30(26,27)25-20-21(28-4)24-15(3)12-23-20/h5-12,14H,13H2,1-4H3,(H,23,25). The summed E-state index contributed by atoms with van der Waals surface area (Å²) in [4.78, 5) is 12.6. The van der Waals surface area contributed by atoms with Crippen molar-refractivity contribution in [3.8, 4) is 17.1 Å². The van der Waals surface area contributed by atoms with Gasteiger partial charge < -0.3 is 9.47 Å². The molecule has 0 amide bonds. The molecule has 0 spiro atoms. The number of methoxy groups -OCH3 is 1. The molecule has 1 N–H and O–H groups in total. The van der Waals surface area contributed by atoms with Crippen LogP contribution in [0.2, 0.25) is 0 Å². The maximum atomic E-state index is 13.1. The molecule has 0 aliphatic heterocycles. The van der Waals surface area contributed by atoms with Crippen LogP contribution in [0.3, 0.4) is 0 Å². The van der Waals surface area contributed by atoms with E-state index < -0.39 is 10.0 Å². The summed E-state index contributed by atoms with van der Waals surface area (Å²) in [7, 11) is -2.58. The fraction of sp³-hybridized carbons (Fsp3) is 0.286. The van der Waals surface area contributed by atoms with E-state index in [1.807, 2.05) is 38.1 Å². The van der Waals surface area contributed by atoms with Crippen molar-refractivity contribution in [2.45, 2.75) is 38.4 Å². The van der Waals surface area contributed by atoms with Crippen LogP contribution in [0.1, 0.15) is 25.1 Å². The Morgan fingerprint density at radius 3 is 2.50 bits per heavy atom. The lowest BCUT2D eigenvalue weighted by atomic mass is 10.1. The van der Waals surface area contributed by atoms with E-state index in [9.17, 15) is 8.42 Å². The molecule has 9 heteroatoms. The molecule has 0 fully saturated rings. The first kappa shape index (κ1) is 21.7. The lowest BCUT2D eigenvalue weighted by Crippen LogP contribution is -2.16. The van der Waals surface area contributed by atoms with Crippen LogP contribution in [0.25, 0.3) is 11.3 Å². The number of pyridine rings is 1. The quantitative estimate of drug-likeness (QED) is 0.585. The van der Waals surface area contributed by atoms with Gasteiger partial charge in [-0.25, -0.2) is 18.4 Å². The third-order valence-electron chi connectivity index (χ3n) is 4.16. The molecule has 0 aliphatic rings. The lowest BCUT2D eigenvalue weighted by Gasteiger charge is -2.13. The van der Waals surface area contributed by atoms with Gasteiger partial charge in [-0.05, 0) is 38.5 Å². The normalized spacial score (nSPS) is 11.5. The molecule has 0 bridgehead atoms. The molecule has 0 saturated heterocycles. The Balaban J connectivity index is 1.93. The number of ether oxygens (including phenoxy) is 2. The minimum absolute atomic E-state index is 0.0130. The van der Waals surface area contributed by atoms with Gasteiger partial charge in [0.2, 0.25) is 5.82 Å². The van der Waals surface area contributed by atoms with Crippen LogP contribution < -0.4 is 9.46 Å². The first-order chi connectivity index (χ1) is 14.3. The van der Waals surface area contributed by atoms with Crippen molar-refractivity contribution in [3.05, 3.63) is 60.0 Å². The molecular formula is C21H24N4O4S. The number of hydrogen-bond donors (Lipinski definition) is 1. The van der Waals surface area contributed by atoms with Crippen LogP contribution in [0.4, 0.5) is 5.82 Å². The van der Waals surface area contributed by atoms with E-state index in [0.29, 0.717) is 23.6 Å². The third-order valence-corrected chi connectivity index (χ3v) is 5.53. The number of sulfonamides is 1. The van der Waals surface area contributed by atoms with E-state index in [-0.39, 0.29) is 22.7 Å². The molecule has 0 radical (unpaired) electrons. The van der Waals surface area contributed by atoms with E-state index in [2.05, 4.69) is 19.7 Å². The molecule has 30 heavy (non-hydrogen) atoms. The zero-order valence-electron chi connectivity index (χ0n) is 17.3. The molecule has 0 aliphatic carbocycles. The number of hydrogen-bond acceptors (Lipinski definition) is 7. The Hall–Kier alpha value is -3.04. The van der Waals surface area contributed by atoms with Crippen LogP contribution in [0.5, 0.6) is 5.88 Å². The van der Waals surface area contributed by atoms with Gasteiger partial charge >= 0.3 is 0 Å². The highest BCUT2D eigenvalue weighted by Gasteiger charge is 2.23. The van der Waals surface area contributed by atoms with Crippen LogP contribution in [0.15, 0.2) is 53.7 Å². The van der Waals surface area contributed by atoms with E-state index in [1.54, 1.807) is 19.2 Å². The predicted molar refractivity (Wildman–Crippen MR) is 114 cm³/mol. The second kappa shape index (κ2) is 9.19. The van der Waals surface area contributed by atoms with Crippen molar-refractivity contribution in [1.82, 2.24) is 15.0 Å². The van der Waals surface area contributed by atoms with Gasteiger partial charge in [-0.15, -0.1) is 0 Å². The Kier molecular flexibility index (Phi) is 6.63. The van der Waals surface area contributed by atoms with Crippen molar-refractivity contribution in [3.63, 3.8) is 0 Å². The average molecular weight is 429 g/mol. The molecule has 158 valence electrons. The topological polar surface area (TPSA) is 103 Å². The third kappa shape index (κ3) is 5.11. The number of rotatable bonds is 8. The van der Waals surface area contributed by atoms with Gasteiger partial charge in [0, 0.05) is 11.8 Å². The maximum Gasteiger partial charge on any atom is 0.265 e. The number of benzene rings is 1. The molecule has 2 heterocycles. The molecule has 0 atom stereocenters. The van der Waals surface area contributed by atoms with Crippen molar-refractivity contribution >= 4 is 15.8 Å². The maximum absolute atomic E-state index is 13.1. The van der Waals surface area contributed by atoms with Gasteiger partial charge in [-0.2, -0.15) is 0 Å². The predicted octanol–water partition coefficient (Wildman–Crippen LogP) is 3.58. The summed E-state index contributed by atoms with van der Waals surface area (Å²) >= 11 is 0. The molecule has 2 aromatic heterocycles. The molecular weight excluding hydrogens is 404 g/mol. The van der Waals surface area contributed by atoms with Gasteiger partial charge in [0.1, 0.15) is 4.90 Å². The molecule has 1 aromatic carbocycles. The summed E-state index contributed by atoms with van der Waals surface area (Å²) < 4.78 is 39.4. The summed E-state index contributed by atoms with van der Waals surface area (Å²) in [5, 5.41) is 0. The summed E-state index contributed by atoms with van der Waals surface area (Å²) in [6.45, 7) is 6.17. The van der Waals surface area contributed by atoms with Crippen LogP contribution in [-0.4, -0.2) is 36.6 Å². The summed E-state index contributed by atoms with van der Waals surface area (Å²) in [6.07, 6.45) is 3.14. The molecule has 3 rings (SSSR count). The largest absolute Gasteiger partial charge is 0.478 e. The van der Waals surface area contributed by atoms with E-state index in [4.69, 9.17) is 9.47 Å². The van der Waals surface area contributed by atoms with E-state index in [0.717, 1.165) is 5.56 Å². The summed E-state index contributed by atoms with van der Waals surface area (Å²) in [5.74, 6) is 0.109. The van der Waals surface area contributed by atoms with Crippen LogP contribution in [0, 0.1) is 6.92 Å². The Bertz CT molecular complexity index is 1120. The second-order valence-electron chi connectivity index (χ2n) is 6.88. The highest BCUT2D eigenvalue weighted by atomic mass is 32.2. The fourth-order valence-electron chi connectivity index (χ4n) is 2.70. The number of aryl methyl sites for hydroxylation is 1. The molecule has 3 aromatic rings. The van der Waals surface area contributed by atoms with Crippen LogP contribution >= 0.6 is 0 Å². The fourth-order valence-corrected chi connectivity index (χ4v) is 3.88. The molecule has 8 nitrogen and oxygen atoms in total. The first-order valence-corrected chi connectivity index (χ1v) is 10.8. The minimum atomic E-state index is -3.99. The average Bonchev–Trinajstić information content (AvgIpc) is 2.73. The Labute approximate surface area is 176 Å². The first-order valence-electron chi connectivity index (χ1n) is 9.36.